The number of nitro benzene ring substituents is 2. The van der Waals surface area contributed by atoms with Crippen molar-refractivity contribution in [3.63, 3.8) is 0 Å². The fraction of sp³-hybridized carbons (Fsp3) is 0.0625. The first-order valence-corrected chi connectivity index (χ1v) is 7.56. The molecule has 0 aliphatic carbocycles. The van der Waals surface area contributed by atoms with Crippen molar-refractivity contribution in [1.29, 1.82) is 0 Å². The number of hydrogen-bond donors (Lipinski definition) is 1. The molecule has 0 saturated heterocycles. The van der Waals surface area contributed by atoms with Crippen LogP contribution in [-0.2, 0) is 0 Å². The lowest BCUT2D eigenvalue weighted by molar-refractivity contribution is -0.385. The molecule has 11 nitrogen and oxygen atoms in total. The summed E-state index contributed by atoms with van der Waals surface area (Å²) in [4.78, 5) is 37.3. The van der Waals surface area contributed by atoms with Gasteiger partial charge in [0.25, 0.3) is 17.3 Å². The number of carbonyl (C=O) groups is 1. The molecular weight excluding hydrogens is 356 g/mol. The zero-order chi connectivity index (χ0) is 19.6. The van der Waals surface area contributed by atoms with Crippen LogP contribution in [0, 0.1) is 27.2 Å². The van der Waals surface area contributed by atoms with Gasteiger partial charge in [0.1, 0.15) is 18.3 Å². The molecule has 0 aliphatic heterocycles. The lowest BCUT2D eigenvalue weighted by atomic mass is 10.1. The van der Waals surface area contributed by atoms with E-state index >= 15 is 0 Å². The summed E-state index contributed by atoms with van der Waals surface area (Å²) in [6, 6.07) is 8.12. The minimum Gasteiger partial charge on any atom is -0.322 e. The van der Waals surface area contributed by atoms with Gasteiger partial charge in [0, 0.05) is 28.9 Å². The number of carbonyl (C=O) groups excluding carboxylic acids is 1. The topological polar surface area (TPSA) is 146 Å². The minimum atomic E-state index is -0.638. The predicted octanol–water partition coefficient (Wildman–Crippen LogP) is 2.64. The number of aromatic nitrogens is 3. The standard InChI is InChI=1S/C16H12N6O5/c1-10-2-4-12(7-14(10)21(24)25)19-16(23)11-3-5-13(15(6-11)22(26)27)20-9-17-8-18-20/h2-9H,1H3,(H,19,23). The third-order valence-corrected chi connectivity index (χ3v) is 3.76. The van der Waals surface area contributed by atoms with Gasteiger partial charge in [0.2, 0.25) is 0 Å². The van der Waals surface area contributed by atoms with Crippen LogP contribution < -0.4 is 5.32 Å². The van der Waals surface area contributed by atoms with Crippen LogP contribution in [0.25, 0.3) is 5.69 Å². The third-order valence-electron chi connectivity index (χ3n) is 3.76. The van der Waals surface area contributed by atoms with Gasteiger partial charge in [0.05, 0.1) is 9.85 Å². The maximum atomic E-state index is 12.4. The summed E-state index contributed by atoms with van der Waals surface area (Å²) >= 11 is 0. The minimum absolute atomic E-state index is 0.0220. The molecule has 0 atom stereocenters. The van der Waals surface area contributed by atoms with Crippen molar-refractivity contribution in [3.8, 4) is 5.69 Å². The number of nitrogens with zero attached hydrogens (tertiary/aromatic N) is 5. The molecule has 0 bridgehead atoms. The molecule has 3 aromatic rings. The molecule has 11 heteroatoms. The number of benzene rings is 2. The smallest absolute Gasteiger partial charge is 0.295 e. The Hall–Kier alpha value is -4.15. The number of hydrogen-bond acceptors (Lipinski definition) is 7. The van der Waals surface area contributed by atoms with Gasteiger partial charge in [-0.15, -0.1) is 0 Å². The second-order valence-electron chi connectivity index (χ2n) is 5.51. The second kappa shape index (κ2) is 7.00. The van der Waals surface area contributed by atoms with Gasteiger partial charge >= 0.3 is 0 Å². The summed E-state index contributed by atoms with van der Waals surface area (Å²) in [7, 11) is 0. The molecule has 136 valence electrons. The van der Waals surface area contributed by atoms with Crippen LogP contribution in [0.5, 0.6) is 0 Å². The van der Waals surface area contributed by atoms with E-state index in [0.717, 1.165) is 6.07 Å². The third kappa shape index (κ3) is 3.61. The monoisotopic (exact) mass is 368 g/mol. The quantitative estimate of drug-likeness (QED) is 0.538. The Balaban J connectivity index is 1.91. The maximum absolute atomic E-state index is 12.4. The van der Waals surface area contributed by atoms with Crippen molar-refractivity contribution in [2.24, 2.45) is 0 Å². The molecule has 1 amide bonds. The highest BCUT2D eigenvalue weighted by Gasteiger charge is 2.20. The fourth-order valence-corrected chi connectivity index (χ4v) is 2.42. The van der Waals surface area contributed by atoms with Crippen LogP contribution in [-0.4, -0.2) is 30.5 Å². The summed E-state index contributed by atoms with van der Waals surface area (Å²) < 4.78 is 1.21. The van der Waals surface area contributed by atoms with Gasteiger partial charge in [-0.3, -0.25) is 25.0 Å². The maximum Gasteiger partial charge on any atom is 0.295 e. The average molecular weight is 368 g/mol. The van der Waals surface area contributed by atoms with E-state index in [-0.39, 0.29) is 28.3 Å². The Morgan fingerprint density at radius 2 is 1.81 bits per heavy atom. The Bertz CT molecular complexity index is 1050. The Labute approximate surface area is 151 Å². The van der Waals surface area contributed by atoms with Crippen LogP contribution in [0.4, 0.5) is 17.1 Å². The first-order chi connectivity index (χ1) is 12.9. The Kier molecular flexibility index (Phi) is 4.58. The zero-order valence-electron chi connectivity index (χ0n) is 13.9. The molecule has 2 aromatic carbocycles. The summed E-state index contributed by atoms with van der Waals surface area (Å²) in [6.45, 7) is 1.58. The highest BCUT2D eigenvalue weighted by Crippen LogP contribution is 2.25. The molecule has 1 N–H and O–H groups in total. The molecule has 0 fully saturated rings. The molecule has 0 spiro atoms. The number of nitrogens with one attached hydrogen (secondary N) is 1. The number of amides is 1. The normalized spacial score (nSPS) is 10.4. The van der Waals surface area contributed by atoms with Gasteiger partial charge < -0.3 is 5.32 Å². The molecule has 0 saturated carbocycles. The first-order valence-electron chi connectivity index (χ1n) is 7.56. The van der Waals surface area contributed by atoms with E-state index in [1.807, 2.05) is 0 Å². The first kappa shape index (κ1) is 17.7. The lowest BCUT2D eigenvalue weighted by Crippen LogP contribution is -2.13. The highest BCUT2D eigenvalue weighted by atomic mass is 16.6. The largest absolute Gasteiger partial charge is 0.322 e. The average Bonchev–Trinajstić information content (AvgIpc) is 3.17. The zero-order valence-corrected chi connectivity index (χ0v) is 13.9. The van der Waals surface area contributed by atoms with E-state index in [1.165, 1.54) is 47.7 Å². The van der Waals surface area contributed by atoms with Crippen LogP contribution in [0.2, 0.25) is 0 Å². The van der Waals surface area contributed by atoms with Crippen LogP contribution in [0.3, 0.4) is 0 Å². The SMILES string of the molecule is Cc1ccc(NC(=O)c2ccc(-n3cncn3)c([N+](=O)[O-])c2)cc1[N+](=O)[O-]. The van der Waals surface area contributed by atoms with Crippen LogP contribution >= 0.6 is 0 Å². The molecule has 0 radical (unpaired) electrons. The van der Waals surface area contributed by atoms with E-state index in [1.54, 1.807) is 6.92 Å². The second-order valence-corrected chi connectivity index (χ2v) is 5.51. The molecular formula is C16H12N6O5. The van der Waals surface area contributed by atoms with Crippen LogP contribution in [0.15, 0.2) is 49.1 Å². The van der Waals surface area contributed by atoms with Gasteiger partial charge in [-0.25, -0.2) is 9.67 Å². The van der Waals surface area contributed by atoms with Crippen molar-refractivity contribution in [1.82, 2.24) is 14.8 Å². The number of anilines is 1. The highest BCUT2D eigenvalue weighted by molar-refractivity contribution is 6.05. The summed E-state index contributed by atoms with van der Waals surface area (Å²) in [6.07, 6.45) is 2.53. The molecule has 1 aromatic heterocycles. The van der Waals surface area contributed by atoms with Gasteiger partial charge in [-0.1, -0.05) is 6.07 Å². The van der Waals surface area contributed by atoms with Crippen LogP contribution in [0.1, 0.15) is 15.9 Å². The van der Waals surface area contributed by atoms with Crippen molar-refractivity contribution in [2.45, 2.75) is 6.92 Å². The Morgan fingerprint density at radius 1 is 1.07 bits per heavy atom. The summed E-state index contributed by atoms with van der Waals surface area (Å²) in [5.74, 6) is -0.638. The molecule has 27 heavy (non-hydrogen) atoms. The Morgan fingerprint density at radius 3 is 2.44 bits per heavy atom. The van der Waals surface area contributed by atoms with E-state index in [0.29, 0.717) is 5.56 Å². The summed E-state index contributed by atoms with van der Waals surface area (Å²) in [5, 5.41) is 28.7. The number of nitro groups is 2. The molecule has 3 rings (SSSR count). The molecule has 0 aliphatic rings. The van der Waals surface area contributed by atoms with E-state index < -0.39 is 15.8 Å². The van der Waals surface area contributed by atoms with Crippen molar-refractivity contribution in [2.75, 3.05) is 5.32 Å². The molecule has 1 heterocycles. The van der Waals surface area contributed by atoms with Gasteiger partial charge in [-0.2, -0.15) is 5.10 Å². The number of aryl methyl sites for hydroxylation is 1. The van der Waals surface area contributed by atoms with Crippen molar-refractivity contribution < 1.29 is 14.6 Å². The van der Waals surface area contributed by atoms with E-state index in [2.05, 4.69) is 15.4 Å². The van der Waals surface area contributed by atoms with Crippen molar-refractivity contribution in [3.05, 3.63) is 80.4 Å². The van der Waals surface area contributed by atoms with Gasteiger partial charge in [0.15, 0.2) is 0 Å². The summed E-state index contributed by atoms with van der Waals surface area (Å²) in [5.41, 5.74) is 0.364. The van der Waals surface area contributed by atoms with Crippen molar-refractivity contribution >= 4 is 23.0 Å². The van der Waals surface area contributed by atoms with E-state index in [9.17, 15) is 25.0 Å². The van der Waals surface area contributed by atoms with Gasteiger partial charge in [-0.05, 0) is 25.1 Å². The van der Waals surface area contributed by atoms with E-state index in [4.69, 9.17) is 0 Å². The molecule has 0 unspecified atom stereocenters. The lowest BCUT2D eigenvalue weighted by Gasteiger charge is -2.08. The number of rotatable bonds is 5. The fourth-order valence-electron chi connectivity index (χ4n) is 2.42. The predicted molar refractivity (Wildman–Crippen MR) is 93.8 cm³/mol.